The minimum absolute atomic E-state index is 0.315. The molecule has 1 fully saturated rings. The Morgan fingerprint density at radius 3 is 2.87 bits per heavy atom. The SMILES string of the molecule is O[C@]1(c2cn[nH]n2)CCCN(Cc2cccc(C(F)(F)F)c2)C1. The second-order valence-corrected chi connectivity index (χ2v) is 5.90. The number of likely N-dealkylation sites (tertiary alicyclic amines) is 1. The first kappa shape index (κ1) is 15.9. The van der Waals surface area contributed by atoms with E-state index in [9.17, 15) is 18.3 Å². The molecule has 0 radical (unpaired) electrons. The van der Waals surface area contributed by atoms with E-state index in [1.807, 2.05) is 4.90 Å². The molecule has 0 aliphatic carbocycles. The van der Waals surface area contributed by atoms with Crippen LogP contribution in [0.3, 0.4) is 0 Å². The maximum absolute atomic E-state index is 12.8. The first-order valence-corrected chi connectivity index (χ1v) is 7.34. The molecule has 2 aromatic rings. The highest BCUT2D eigenvalue weighted by atomic mass is 19.4. The molecule has 0 saturated carbocycles. The van der Waals surface area contributed by atoms with Gasteiger partial charge in [-0.1, -0.05) is 18.2 Å². The zero-order chi connectivity index (χ0) is 16.5. The lowest BCUT2D eigenvalue weighted by Crippen LogP contribution is -2.45. The van der Waals surface area contributed by atoms with E-state index in [-0.39, 0.29) is 0 Å². The van der Waals surface area contributed by atoms with Crippen LogP contribution in [0.4, 0.5) is 13.2 Å². The van der Waals surface area contributed by atoms with E-state index in [2.05, 4.69) is 15.4 Å². The molecule has 1 aromatic carbocycles. The number of aromatic nitrogens is 3. The summed E-state index contributed by atoms with van der Waals surface area (Å²) in [7, 11) is 0. The summed E-state index contributed by atoms with van der Waals surface area (Å²) in [6.45, 7) is 1.39. The highest BCUT2D eigenvalue weighted by Gasteiger charge is 2.37. The summed E-state index contributed by atoms with van der Waals surface area (Å²) >= 11 is 0. The molecule has 1 saturated heterocycles. The number of aliphatic hydroxyl groups is 1. The normalized spacial score (nSPS) is 23.1. The molecule has 0 unspecified atom stereocenters. The zero-order valence-electron chi connectivity index (χ0n) is 12.3. The number of alkyl halides is 3. The van der Waals surface area contributed by atoms with Gasteiger partial charge in [0.05, 0.1) is 11.8 Å². The largest absolute Gasteiger partial charge is 0.416 e. The summed E-state index contributed by atoms with van der Waals surface area (Å²) in [5.74, 6) is 0. The number of β-amino-alcohol motifs (C(OH)–C–C–N with tert-alkyl or cyclic N) is 1. The molecule has 1 aliphatic heterocycles. The number of nitrogens with zero attached hydrogens (tertiary/aromatic N) is 3. The van der Waals surface area contributed by atoms with Crippen molar-refractivity contribution in [2.75, 3.05) is 13.1 Å². The molecule has 2 heterocycles. The number of hydrogen-bond donors (Lipinski definition) is 2. The van der Waals surface area contributed by atoms with Gasteiger partial charge in [0, 0.05) is 13.1 Å². The topological polar surface area (TPSA) is 65.0 Å². The minimum atomic E-state index is -4.35. The molecule has 2 N–H and O–H groups in total. The van der Waals surface area contributed by atoms with Crippen LogP contribution in [0.15, 0.2) is 30.5 Å². The lowest BCUT2D eigenvalue weighted by atomic mass is 9.90. The first-order chi connectivity index (χ1) is 10.9. The Labute approximate surface area is 131 Å². The van der Waals surface area contributed by atoms with Crippen molar-refractivity contribution >= 4 is 0 Å². The Morgan fingerprint density at radius 1 is 1.35 bits per heavy atom. The minimum Gasteiger partial charge on any atom is -0.382 e. The third-order valence-electron chi connectivity index (χ3n) is 4.10. The van der Waals surface area contributed by atoms with Crippen LogP contribution in [0, 0.1) is 0 Å². The van der Waals surface area contributed by atoms with Gasteiger partial charge >= 0.3 is 6.18 Å². The molecule has 1 atom stereocenters. The summed E-state index contributed by atoms with van der Waals surface area (Å²) in [5.41, 5.74) is -0.735. The van der Waals surface area contributed by atoms with Gasteiger partial charge in [0.25, 0.3) is 0 Å². The maximum atomic E-state index is 12.8. The summed E-state index contributed by atoms with van der Waals surface area (Å²) in [6.07, 6.45) is -1.58. The Kier molecular flexibility index (Phi) is 4.11. The van der Waals surface area contributed by atoms with E-state index in [1.54, 1.807) is 6.07 Å². The van der Waals surface area contributed by atoms with Crippen LogP contribution in [0.25, 0.3) is 0 Å². The second-order valence-electron chi connectivity index (χ2n) is 5.90. The lowest BCUT2D eigenvalue weighted by Gasteiger charge is -2.38. The summed E-state index contributed by atoms with van der Waals surface area (Å²) < 4.78 is 38.3. The van der Waals surface area contributed by atoms with Gasteiger partial charge in [0.1, 0.15) is 11.3 Å². The summed E-state index contributed by atoms with van der Waals surface area (Å²) in [4.78, 5) is 1.94. The standard InChI is InChI=1S/C15H17F3N4O/c16-15(17,18)12-4-1-3-11(7-12)9-22-6-2-5-14(23,10-22)13-8-19-21-20-13/h1,3-4,7-8,23H,2,5-6,9-10H2,(H,19,20,21)/t14-/m1/s1. The molecule has 0 amide bonds. The number of aromatic amines is 1. The van der Waals surface area contributed by atoms with Crippen LogP contribution < -0.4 is 0 Å². The fourth-order valence-electron chi connectivity index (χ4n) is 3.00. The maximum Gasteiger partial charge on any atom is 0.416 e. The molecule has 5 nitrogen and oxygen atoms in total. The van der Waals surface area contributed by atoms with E-state index < -0.39 is 17.3 Å². The van der Waals surface area contributed by atoms with E-state index >= 15 is 0 Å². The van der Waals surface area contributed by atoms with Crippen LogP contribution in [0.1, 0.15) is 29.7 Å². The van der Waals surface area contributed by atoms with E-state index in [1.165, 1.54) is 12.3 Å². The number of H-pyrrole nitrogens is 1. The molecular weight excluding hydrogens is 309 g/mol. The van der Waals surface area contributed by atoms with Crippen LogP contribution in [0.5, 0.6) is 0 Å². The van der Waals surface area contributed by atoms with Crippen LogP contribution in [0.2, 0.25) is 0 Å². The van der Waals surface area contributed by atoms with Crippen molar-refractivity contribution in [1.82, 2.24) is 20.3 Å². The number of halogens is 3. The molecule has 23 heavy (non-hydrogen) atoms. The van der Waals surface area contributed by atoms with Gasteiger partial charge in [-0.05, 0) is 31.0 Å². The van der Waals surface area contributed by atoms with E-state index in [4.69, 9.17) is 0 Å². The van der Waals surface area contributed by atoms with Gasteiger partial charge in [-0.2, -0.15) is 28.6 Å². The smallest absolute Gasteiger partial charge is 0.382 e. The predicted octanol–water partition coefficient (Wildman–Crippen LogP) is 2.31. The molecule has 8 heteroatoms. The van der Waals surface area contributed by atoms with Crippen molar-refractivity contribution in [3.8, 4) is 0 Å². The van der Waals surface area contributed by atoms with Crippen LogP contribution in [-0.2, 0) is 18.3 Å². The fourth-order valence-corrected chi connectivity index (χ4v) is 3.00. The van der Waals surface area contributed by atoms with Crippen LogP contribution in [-0.4, -0.2) is 38.5 Å². The molecule has 3 rings (SSSR count). The van der Waals surface area contributed by atoms with Crippen molar-refractivity contribution < 1.29 is 18.3 Å². The molecule has 1 aliphatic rings. The summed E-state index contributed by atoms with van der Waals surface area (Å²) in [6, 6.07) is 5.29. The third kappa shape index (κ3) is 3.53. The number of hydrogen-bond acceptors (Lipinski definition) is 4. The Morgan fingerprint density at radius 2 is 2.17 bits per heavy atom. The Bertz CT molecular complexity index is 659. The Balaban J connectivity index is 1.73. The zero-order valence-corrected chi connectivity index (χ0v) is 12.3. The second kappa shape index (κ2) is 5.93. The molecule has 124 valence electrons. The van der Waals surface area contributed by atoms with E-state index in [0.717, 1.165) is 25.1 Å². The van der Waals surface area contributed by atoms with E-state index in [0.29, 0.717) is 30.8 Å². The van der Waals surface area contributed by atoms with Crippen LogP contribution >= 0.6 is 0 Å². The van der Waals surface area contributed by atoms with Gasteiger partial charge in [0.2, 0.25) is 0 Å². The van der Waals surface area contributed by atoms with Gasteiger partial charge in [0.15, 0.2) is 0 Å². The van der Waals surface area contributed by atoms with Crippen molar-refractivity contribution in [3.05, 3.63) is 47.3 Å². The quantitative estimate of drug-likeness (QED) is 0.908. The van der Waals surface area contributed by atoms with Gasteiger partial charge in [-0.25, -0.2) is 0 Å². The van der Waals surface area contributed by atoms with Crippen molar-refractivity contribution in [3.63, 3.8) is 0 Å². The average molecular weight is 326 g/mol. The monoisotopic (exact) mass is 326 g/mol. The molecular formula is C15H17F3N4O. The first-order valence-electron chi connectivity index (χ1n) is 7.34. The molecule has 0 bridgehead atoms. The predicted molar refractivity (Wildman–Crippen MR) is 76.2 cm³/mol. The number of benzene rings is 1. The average Bonchev–Trinajstić information content (AvgIpc) is 3.02. The number of rotatable bonds is 3. The highest BCUT2D eigenvalue weighted by molar-refractivity contribution is 5.25. The fraction of sp³-hybridized carbons (Fsp3) is 0.467. The summed E-state index contributed by atoms with van der Waals surface area (Å²) in [5, 5.41) is 20.8. The molecule has 0 spiro atoms. The van der Waals surface area contributed by atoms with Crippen molar-refractivity contribution in [2.24, 2.45) is 0 Å². The lowest BCUT2D eigenvalue weighted by molar-refractivity contribution is -0.137. The van der Waals surface area contributed by atoms with Gasteiger partial charge in [-0.3, -0.25) is 4.90 Å². The van der Waals surface area contributed by atoms with Crippen molar-refractivity contribution in [1.29, 1.82) is 0 Å². The van der Waals surface area contributed by atoms with Crippen molar-refractivity contribution in [2.45, 2.75) is 31.2 Å². The highest BCUT2D eigenvalue weighted by Crippen LogP contribution is 2.32. The third-order valence-corrected chi connectivity index (χ3v) is 4.10. The number of piperidine rings is 1. The van der Waals surface area contributed by atoms with Gasteiger partial charge in [-0.15, -0.1) is 0 Å². The number of nitrogens with one attached hydrogen (secondary N) is 1. The molecule has 1 aromatic heterocycles. The Hall–Kier alpha value is -1.93. The van der Waals surface area contributed by atoms with Gasteiger partial charge < -0.3 is 5.11 Å².